The first-order chi connectivity index (χ1) is 6.16. The number of halogens is 1. The minimum absolute atomic E-state index is 0.521. The second-order valence-corrected chi connectivity index (χ2v) is 3.44. The number of rotatable bonds is 0. The molecule has 0 bridgehead atoms. The first-order valence-corrected chi connectivity index (χ1v) is 4.37. The Morgan fingerprint density at radius 1 is 1.31 bits per heavy atom. The number of hydrogen-bond acceptors (Lipinski definition) is 2. The Hall–Kier alpha value is -1.28. The minimum Gasteiger partial charge on any atom is -0.384 e. The second kappa shape index (κ2) is 2.89. The van der Waals surface area contributed by atoms with Gasteiger partial charge in [0.1, 0.15) is 5.82 Å². The van der Waals surface area contributed by atoms with Crippen molar-refractivity contribution in [2.75, 3.05) is 5.73 Å². The summed E-state index contributed by atoms with van der Waals surface area (Å²) in [6.07, 6.45) is 0. The van der Waals surface area contributed by atoms with Crippen molar-refractivity contribution in [1.82, 2.24) is 4.98 Å². The summed E-state index contributed by atoms with van der Waals surface area (Å²) in [6, 6.07) is 7.57. The third-order valence-electron chi connectivity index (χ3n) is 1.99. The van der Waals surface area contributed by atoms with Crippen molar-refractivity contribution in [2.45, 2.75) is 6.92 Å². The zero-order chi connectivity index (χ0) is 9.42. The van der Waals surface area contributed by atoms with E-state index in [9.17, 15) is 0 Å². The Balaban J connectivity index is 2.81. The molecule has 2 rings (SSSR count). The van der Waals surface area contributed by atoms with Crippen molar-refractivity contribution in [3.05, 3.63) is 34.9 Å². The normalized spacial score (nSPS) is 10.6. The molecule has 2 nitrogen and oxygen atoms in total. The van der Waals surface area contributed by atoms with E-state index in [0.29, 0.717) is 5.82 Å². The fourth-order valence-electron chi connectivity index (χ4n) is 1.28. The van der Waals surface area contributed by atoms with Crippen LogP contribution < -0.4 is 5.73 Å². The van der Waals surface area contributed by atoms with Gasteiger partial charge in [0, 0.05) is 10.4 Å². The molecule has 0 atom stereocenters. The molecule has 3 heteroatoms. The van der Waals surface area contributed by atoms with Crippen molar-refractivity contribution < 1.29 is 0 Å². The smallest absolute Gasteiger partial charge is 0.124 e. The van der Waals surface area contributed by atoms with Gasteiger partial charge in [-0.05, 0) is 36.8 Å². The Morgan fingerprint density at radius 3 is 2.85 bits per heavy atom. The van der Waals surface area contributed by atoms with Gasteiger partial charge in [-0.3, -0.25) is 0 Å². The van der Waals surface area contributed by atoms with E-state index in [0.717, 1.165) is 21.5 Å². The molecule has 2 N–H and O–H groups in total. The largest absolute Gasteiger partial charge is 0.384 e. The van der Waals surface area contributed by atoms with E-state index in [-0.39, 0.29) is 0 Å². The molecule has 1 aromatic carbocycles. The molecule has 0 amide bonds. The van der Waals surface area contributed by atoms with Gasteiger partial charge in [-0.15, -0.1) is 0 Å². The van der Waals surface area contributed by atoms with Gasteiger partial charge in [0.25, 0.3) is 0 Å². The number of aryl methyl sites for hydroxylation is 1. The van der Waals surface area contributed by atoms with Gasteiger partial charge >= 0.3 is 0 Å². The molecule has 0 aliphatic heterocycles. The van der Waals surface area contributed by atoms with E-state index in [1.165, 1.54) is 0 Å². The first-order valence-electron chi connectivity index (χ1n) is 3.99. The van der Waals surface area contributed by atoms with Crippen LogP contribution in [0.3, 0.4) is 0 Å². The van der Waals surface area contributed by atoms with Crippen molar-refractivity contribution >= 4 is 28.3 Å². The molecular weight excluding hydrogens is 184 g/mol. The van der Waals surface area contributed by atoms with Crippen LogP contribution in [0.2, 0.25) is 5.02 Å². The number of anilines is 1. The summed E-state index contributed by atoms with van der Waals surface area (Å²) >= 11 is 5.96. The molecule has 0 fully saturated rings. The Labute approximate surface area is 81.3 Å². The lowest BCUT2D eigenvalue weighted by molar-refractivity contribution is 1.40. The van der Waals surface area contributed by atoms with Crippen LogP contribution in [0.25, 0.3) is 10.9 Å². The highest BCUT2D eigenvalue weighted by molar-refractivity contribution is 6.32. The summed E-state index contributed by atoms with van der Waals surface area (Å²) in [5, 5.41) is 1.79. The molecule has 2 aromatic rings. The molecule has 0 aliphatic carbocycles. The standard InChI is InChI=1S/C10H9ClN2/c1-6-4-7-2-3-10(12)13-9(7)5-8(6)11/h2-5H,1H3,(H2,12,13). The topological polar surface area (TPSA) is 38.9 Å². The number of fused-ring (bicyclic) bond motifs is 1. The van der Waals surface area contributed by atoms with Crippen molar-refractivity contribution in [3.63, 3.8) is 0 Å². The van der Waals surface area contributed by atoms with Gasteiger partial charge in [-0.1, -0.05) is 11.6 Å². The van der Waals surface area contributed by atoms with Gasteiger partial charge in [0.15, 0.2) is 0 Å². The summed E-state index contributed by atoms with van der Waals surface area (Å²) in [5.41, 5.74) is 7.46. The summed E-state index contributed by atoms with van der Waals surface area (Å²) in [7, 11) is 0. The number of hydrogen-bond donors (Lipinski definition) is 1. The fourth-order valence-corrected chi connectivity index (χ4v) is 1.43. The van der Waals surface area contributed by atoms with Crippen molar-refractivity contribution in [2.24, 2.45) is 0 Å². The van der Waals surface area contributed by atoms with E-state index < -0.39 is 0 Å². The molecule has 0 unspecified atom stereocenters. The predicted octanol–water partition coefficient (Wildman–Crippen LogP) is 2.78. The van der Waals surface area contributed by atoms with E-state index in [4.69, 9.17) is 17.3 Å². The molecule has 1 aromatic heterocycles. The maximum Gasteiger partial charge on any atom is 0.124 e. The van der Waals surface area contributed by atoms with Gasteiger partial charge < -0.3 is 5.73 Å². The lowest BCUT2D eigenvalue weighted by Crippen LogP contribution is -1.90. The average molecular weight is 193 g/mol. The van der Waals surface area contributed by atoms with Crippen LogP contribution in [0.15, 0.2) is 24.3 Å². The SMILES string of the molecule is Cc1cc2ccc(N)nc2cc1Cl. The van der Waals surface area contributed by atoms with E-state index in [1.807, 2.05) is 25.1 Å². The lowest BCUT2D eigenvalue weighted by Gasteiger charge is -2.01. The summed E-state index contributed by atoms with van der Waals surface area (Å²) < 4.78 is 0. The van der Waals surface area contributed by atoms with E-state index in [1.54, 1.807) is 6.07 Å². The average Bonchev–Trinajstić information content (AvgIpc) is 2.08. The third-order valence-corrected chi connectivity index (χ3v) is 2.40. The van der Waals surface area contributed by atoms with Gasteiger partial charge in [0.2, 0.25) is 0 Å². The molecule has 13 heavy (non-hydrogen) atoms. The van der Waals surface area contributed by atoms with Gasteiger partial charge in [-0.2, -0.15) is 0 Å². The highest BCUT2D eigenvalue weighted by Crippen LogP contribution is 2.22. The van der Waals surface area contributed by atoms with Crippen LogP contribution in [0.5, 0.6) is 0 Å². The van der Waals surface area contributed by atoms with Crippen LogP contribution in [0.4, 0.5) is 5.82 Å². The highest BCUT2D eigenvalue weighted by atomic mass is 35.5. The minimum atomic E-state index is 0.521. The third kappa shape index (κ3) is 1.45. The lowest BCUT2D eigenvalue weighted by atomic mass is 10.1. The molecule has 0 radical (unpaired) electrons. The summed E-state index contributed by atoms with van der Waals surface area (Å²) in [6.45, 7) is 1.97. The van der Waals surface area contributed by atoms with Gasteiger partial charge in [-0.25, -0.2) is 4.98 Å². The zero-order valence-corrected chi connectivity index (χ0v) is 7.97. The number of nitrogens with zero attached hydrogens (tertiary/aromatic N) is 1. The molecule has 0 saturated heterocycles. The quantitative estimate of drug-likeness (QED) is 0.697. The number of aromatic nitrogens is 1. The second-order valence-electron chi connectivity index (χ2n) is 3.03. The van der Waals surface area contributed by atoms with Crippen LogP contribution in [0, 0.1) is 6.92 Å². The summed E-state index contributed by atoms with van der Waals surface area (Å²) in [5.74, 6) is 0.521. The van der Waals surface area contributed by atoms with Crippen LogP contribution >= 0.6 is 11.6 Å². The maximum atomic E-state index is 5.96. The van der Waals surface area contributed by atoms with Crippen LogP contribution in [-0.2, 0) is 0 Å². The Morgan fingerprint density at radius 2 is 2.08 bits per heavy atom. The Bertz CT molecular complexity index is 466. The first kappa shape index (κ1) is 8.32. The molecule has 0 aliphatic rings. The summed E-state index contributed by atoms with van der Waals surface area (Å²) in [4.78, 5) is 4.17. The number of nitrogen functional groups attached to an aromatic ring is 1. The van der Waals surface area contributed by atoms with E-state index >= 15 is 0 Å². The molecule has 1 heterocycles. The highest BCUT2D eigenvalue weighted by Gasteiger charge is 2.00. The molecular formula is C10H9ClN2. The van der Waals surface area contributed by atoms with Crippen molar-refractivity contribution in [3.8, 4) is 0 Å². The fraction of sp³-hybridized carbons (Fsp3) is 0.100. The molecule has 66 valence electrons. The zero-order valence-electron chi connectivity index (χ0n) is 7.21. The van der Waals surface area contributed by atoms with Crippen molar-refractivity contribution in [1.29, 1.82) is 0 Å². The van der Waals surface area contributed by atoms with Crippen LogP contribution in [0.1, 0.15) is 5.56 Å². The van der Waals surface area contributed by atoms with E-state index in [2.05, 4.69) is 4.98 Å². The van der Waals surface area contributed by atoms with Crippen LogP contribution in [-0.4, -0.2) is 4.98 Å². The molecule has 0 saturated carbocycles. The Kier molecular flexibility index (Phi) is 1.85. The molecule has 0 spiro atoms. The number of benzene rings is 1. The number of pyridine rings is 1. The predicted molar refractivity (Wildman–Crippen MR) is 55.9 cm³/mol. The number of nitrogens with two attached hydrogens (primary N) is 1. The van der Waals surface area contributed by atoms with Gasteiger partial charge in [0.05, 0.1) is 5.52 Å². The monoisotopic (exact) mass is 192 g/mol. The maximum absolute atomic E-state index is 5.96.